The zero-order valence-electron chi connectivity index (χ0n) is 19.4. The fourth-order valence-electron chi connectivity index (χ4n) is 4.34. The minimum atomic E-state index is -1.33. The van der Waals surface area contributed by atoms with E-state index in [1.165, 1.54) is 16.8 Å². The number of rotatable bonds is 6. The highest BCUT2D eigenvalue weighted by atomic mass is 19.1. The van der Waals surface area contributed by atoms with Gasteiger partial charge in [0.1, 0.15) is 29.0 Å². The molecule has 1 aliphatic heterocycles. The quantitative estimate of drug-likeness (QED) is 0.391. The molecule has 1 unspecified atom stereocenters. The van der Waals surface area contributed by atoms with Crippen molar-refractivity contribution < 1.29 is 23.1 Å². The third-order valence-electron chi connectivity index (χ3n) is 6.07. The Morgan fingerprint density at radius 3 is 2.78 bits per heavy atom. The number of anilines is 2. The number of nitrogens with zero attached hydrogens (tertiary/aromatic N) is 5. The van der Waals surface area contributed by atoms with Crippen molar-refractivity contribution >= 4 is 34.5 Å². The summed E-state index contributed by atoms with van der Waals surface area (Å²) in [5.41, 5.74) is 5.98. The number of ether oxygens (including phenoxy) is 1. The van der Waals surface area contributed by atoms with E-state index in [-0.39, 0.29) is 59.3 Å². The molecule has 0 spiro atoms. The van der Waals surface area contributed by atoms with Crippen LogP contribution in [0.5, 0.6) is 0 Å². The van der Waals surface area contributed by atoms with Crippen LogP contribution in [0.25, 0.3) is 22.6 Å². The highest BCUT2D eigenvalue weighted by molar-refractivity contribution is 6.08. The van der Waals surface area contributed by atoms with E-state index in [2.05, 4.69) is 25.4 Å². The van der Waals surface area contributed by atoms with Gasteiger partial charge >= 0.3 is 5.97 Å². The number of carbonyl (C=O) groups is 2. The molecule has 12 heteroatoms. The lowest BCUT2D eigenvalue weighted by Gasteiger charge is -2.21. The molecule has 36 heavy (non-hydrogen) atoms. The van der Waals surface area contributed by atoms with Crippen LogP contribution in [0, 0.1) is 11.6 Å². The summed E-state index contributed by atoms with van der Waals surface area (Å²) in [6.45, 7) is 3.42. The Morgan fingerprint density at radius 2 is 2.03 bits per heavy atom. The second-order valence-corrected chi connectivity index (χ2v) is 8.55. The number of fused-ring (bicyclic) bond motifs is 2. The number of hydrogen-bond donors (Lipinski definition) is 2. The van der Waals surface area contributed by atoms with E-state index in [0.717, 1.165) is 6.20 Å². The largest absolute Gasteiger partial charge is 0.466 e. The maximum Gasteiger partial charge on any atom is 0.307 e. The summed E-state index contributed by atoms with van der Waals surface area (Å²) in [5, 5.41) is 7.42. The van der Waals surface area contributed by atoms with Gasteiger partial charge in [-0.3, -0.25) is 9.59 Å². The number of halogens is 2. The van der Waals surface area contributed by atoms with Gasteiger partial charge < -0.3 is 15.8 Å². The third kappa shape index (κ3) is 3.80. The van der Waals surface area contributed by atoms with Gasteiger partial charge in [0.2, 0.25) is 5.91 Å². The topological polar surface area (TPSA) is 138 Å². The molecular weight excluding hydrogens is 472 g/mol. The summed E-state index contributed by atoms with van der Waals surface area (Å²) in [4.78, 5) is 37.9. The molecule has 5 rings (SSSR count). The number of amides is 1. The minimum Gasteiger partial charge on any atom is -0.466 e. The van der Waals surface area contributed by atoms with Gasteiger partial charge in [0, 0.05) is 5.56 Å². The van der Waals surface area contributed by atoms with E-state index in [4.69, 9.17) is 10.5 Å². The van der Waals surface area contributed by atoms with Crippen molar-refractivity contribution in [3.8, 4) is 11.5 Å². The lowest BCUT2D eigenvalue weighted by molar-refractivity contribution is -0.146. The lowest BCUT2D eigenvalue weighted by atomic mass is 9.81. The molecule has 1 amide bonds. The summed E-state index contributed by atoms with van der Waals surface area (Å²) in [7, 11) is 0. The van der Waals surface area contributed by atoms with Crippen molar-refractivity contribution in [1.29, 1.82) is 0 Å². The molecule has 10 nitrogen and oxygen atoms in total. The van der Waals surface area contributed by atoms with Crippen LogP contribution in [0.3, 0.4) is 0 Å². The molecule has 3 N–H and O–H groups in total. The van der Waals surface area contributed by atoms with Gasteiger partial charge in [-0.25, -0.2) is 28.4 Å². The Hall–Kier alpha value is -4.48. The first-order chi connectivity index (χ1) is 17.2. The standard InChI is InChI=1S/C24H21F2N7O3/c1-3-36-16(34)9-24(2)17-19(27)29-21(30-20(17)31-23(24)35)18-14-8-13(25)10-28-22(14)33(32-18)11-12-6-4-5-7-15(12)26/h4-8,10H,3,9,11H2,1-2H3,(H3,27,29,30,31,35). The molecule has 1 aliphatic rings. The van der Waals surface area contributed by atoms with Crippen LogP contribution in [-0.4, -0.2) is 43.2 Å². The number of hydrogen-bond acceptors (Lipinski definition) is 8. The second kappa shape index (κ2) is 8.63. The average Bonchev–Trinajstić information content (AvgIpc) is 3.29. The van der Waals surface area contributed by atoms with E-state index < -0.39 is 28.9 Å². The van der Waals surface area contributed by atoms with Crippen LogP contribution >= 0.6 is 0 Å². The molecule has 0 bridgehead atoms. The predicted molar refractivity (Wildman–Crippen MR) is 126 cm³/mol. The zero-order chi connectivity index (χ0) is 25.6. The number of pyridine rings is 1. The van der Waals surface area contributed by atoms with E-state index in [9.17, 15) is 18.4 Å². The number of carbonyl (C=O) groups excluding carboxylic acids is 2. The van der Waals surface area contributed by atoms with Crippen LogP contribution in [0.2, 0.25) is 0 Å². The first kappa shape index (κ1) is 23.3. The SMILES string of the molecule is CCOC(=O)CC1(C)C(=O)Nc2nc(-c3nn(Cc4ccccc4F)c4ncc(F)cc34)nc(N)c21. The van der Waals surface area contributed by atoms with Gasteiger partial charge in [-0.2, -0.15) is 5.10 Å². The molecule has 1 aromatic carbocycles. The summed E-state index contributed by atoms with van der Waals surface area (Å²) >= 11 is 0. The minimum absolute atomic E-state index is 0.0108. The molecule has 4 heterocycles. The van der Waals surface area contributed by atoms with E-state index in [1.54, 1.807) is 32.0 Å². The molecule has 0 saturated carbocycles. The maximum absolute atomic E-state index is 14.3. The molecule has 4 aromatic rings. The van der Waals surface area contributed by atoms with Crippen molar-refractivity contribution in [2.24, 2.45) is 0 Å². The van der Waals surface area contributed by atoms with E-state index >= 15 is 0 Å². The van der Waals surface area contributed by atoms with Crippen LogP contribution in [0.1, 0.15) is 31.4 Å². The average molecular weight is 493 g/mol. The third-order valence-corrected chi connectivity index (χ3v) is 6.07. The van der Waals surface area contributed by atoms with Crippen LogP contribution in [0.4, 0.5) is 20.4 Å². The van der Waals surface area contributed by atoms with Gasteiger partial charge in [-0.05, 0) is 26.0 Å². The number of nitrogen functional groups attached to an aromatic ring is 1. The van der Waals surface area contributed by atoms with Gasteiger partial charge in [0.15, 0.2) is 11.5 Å². The molecule has 0 radical (unpaired) electrons. The first-order valence-electron chi connectivity index (χ1n) is 11.1. The molecule has 0 aliphatic carbocycles. The van der Waals surface area contributed by atoms with Gasteiger partial charge in [0.05, 0.1) is 42.1 Å². The van der Waals surface area contributed by atoms with E-state index in [0.29, 0.717) is 5.56 Å². The number of nitrogens with one attached hydrogen (secondary N) is 1. The van der Waals surface area contributed by atoms with Crippen LogP contribution < -0.4 is 11.1 Å². The molecule has 1 atom stereocenters. The van der Waals surface area contributed by atoms with Crippen molar-refractivity contribution in [3.05, 3.63) is 59.3 Å². The Kier molecular flexibility index (Phi) is 5.58. The first-order valence-corrected chi connectivity index (χ1v) is 11.1. The lowest BCUT2D eigenvalue weighted by Crippen LogP contribution is -2.34. The summed E-state index contributed by atoms with van der Waals surface area (Å²) < 4.78 is 34.8. The number of aromatic nitrogens is 5. The van der Waals surface area contributed by atoms with E-state index in [1.807, 2.05) is 0 Å². The second-order valence-electron chi connectivity index (χ2n) is 8.55. The Morgan fingerprint density at radius 1 is 1.25 bits per heavy atom. The van der Waals surface area contributed by atoms with Gasteiger partial charge in [-0.15, -0.1) is 0 Å². The van der Waals surface area contributed by atoms with Crippen LogP contribution in [-0.2, 0) is 26.3 Å². The van der Waals surface area contributed by atoms with Crippen LogP contribution in [0.15, 0.2) is 36.5 Å². The monoisotopic (exact) mass is 493 g/mol. The van der Waals surface area contributed by atoms with Crippen molar-refractivity contribution in [2.75, 3.05) is 17.7 Å². The molecule has 184 valence electrons. The van der Waals surface area contributed by atoms with Crippen molar-refractivity contribution in [2.45, 2.75) is 32.2 Å². The summed E-state index contributed by atoms with van der Waals surface area (Å²) in [6.07, 6.45) is 0.784. The van der Waals surface area contributed by atoms with Gasteiger partial charge in [0.25, 0.3) is 0 Å². The zero-order valence-corrected chi connectivity index (χ0v) is 19.4. The summed E-state index contributed by atoms with van der Waals surface area (Å²) in [6, 6.07) is 7.42. The molecule has 3 aromatic heterocycles. The number of benzene rings is 1. The van der Waals surface area contributed by atoms with Crippen molar-refractivity contribution in [3.63, 3.8) is 0 Å². The fourth-order valence-corrected chi connectivity index (χ4v) is 4.34. The fraction of sp³-hybridized carbons (Fsp3) is 0.250. The normalized spacial score (nSPS) is 16.7. The Bertz CT molecular complexity index is 1540. The molecule has 0 fully saturated rings. The Labute approximate surface area is 203 Å². The number of esters is 1. The van der Waals surface area contributed by atoms with Gasteiger partial charge in [-0.1, -0.05) is 18.2 Å². The highest BCUT2D eigenvalue weighted by Crippen LogP contribution is 2.43. The number of nitrogens with two attached hydrogens (primary N) is 1. The summed E-state index contributed by atoms with van der Waals surface area (Å²) in [5.74, 6) is -1.99. The molecular formula is C24H21F2N7O3. The smallest absolute Gasteiger partial charge is 0.307 e. The Balaban J connectivity index is 1.61. The predicted octanol–water partition coefficient (Wildman–Crippen LogP) is 2.96. The van der Waals surface area contributed by atoms with Crippen molar-refractivity contribution in [1.82, 2.24) is 24.7 Å². The maximum atomic E-state index is 14.3. The highest BCUT2D eigenvalue weighted by Gasteiger charge is 2.48. The molecule has 0 saturated heterocycles.